The molecule has 0 heterocycles. The molecule has 20 heavy (non-hydrogen) atoms. The van der Waals surface area contributed by atoms with E-state index in [4.69, 9.17) is 0 Å². The molecule has 0 radical (unpaired) electrons. The maximum Gasteiger partial charge on any atom is 0.437 e. The Morgan fingerprint density at radius 2 is 1.75 bits per heavy atom. The number of carbonyl (C=O) groups excluding carboxylic acids is 1. The van der Waals surface area contributed by atoms with Crippen molar-refractivity contribution in [3.8, 4) is 0 Å². The second kappa shape index (κ2) is 6.07. The number of halogens is 3. The van der Waals surface area contributed by atoms with E-state index in [1.165, 1.54) is 24.3 Å². The van der Waals surface area contributed by atoms with Gasteiger partial charge < -0.3 is 4.84 Å². The Hall–Kier alpha value is -1.85. The molecule has 1 aromatic carbocycles. The van der Waals surface area contributed by atoms with Crippen LogP contribution in [0.1, 0.15) is 32.8 Å². The number of carbonyl (C=O) groups is 1. The molecular weight excluding hydrogens is 271 g/mol. The standard InChI is InChI=1S/C14H16F3NO2/c1-4-13(2,3)12(19)20-18-11(14(15,16)17)10-8-6-5-7-9-10/h5-9H,4H2,1-3H3/b18-11+. The summed E-state index contributed by atoms with van der Waals surface area (Å²) in [4.78, 5) is 16.1. The Bertz CT molecular complexity index is 493. The Morgan fingerprint density at radius 1 is 1.20 bits per heavy atom. The molecule has 0 aliphatic heterocycles. The summed E-state index contributed by atoms with van der Waals surface area (Å²) in [5, 5.41) is 3.02. The minimum Gasteiger partial charge on any atom is -0.317 e. The molecule has 0 bridgehead atoms. The van der Waals surface area contributed by atoms with Crippen LogP contribution < -0.4 is 0 Å². The van der Waals surface area contributed by atoms with Crippen LogP contribution in [0.25, 0.3) is 0 Å². The molecule has 0 atom stereocenters. The normalized spacial score (nSPS) is 13.2. The van der Waals surface area contributed by atoms with E-state index in [9.17, 15) is 18.0 Å². The summed E-state index contributed by atoms with van der Waals surface area (Å²) in [7, 11) is 0. The molecule has 1 rings (SSSR count). The van der Waals surface area contributed by atoms with Crippen LogP contribution in [0.4, 0.5) is 13.2 Å². The van der Waals surface area contributed by atoms with Crippen molar-refractivity contribution in [2.45, 2.75) is 33.4 Å². The fourth-order valence-electron chi connectivity index (χ4n) is 1.22. The topological polar surface area (TPSA) is 38.7 Å². The van der Waals surface area contributed by atoms with Crippen LogP contribution in [0.3, 0.4) is 0 Å². The van der Waals surface area contributed by atoms with Crippen LogP contribution in [0.5, 0.6) is 0 Å². The van der Waals surface area contributed by atoms with Crippen molar-refractivity contribution in [1.82, 2.24) is 0 Å². The quantitative estimate of drug-likeness (QED) is 0.478. The van der Waals surface area contributed by atoms with Gasteiger partial charge in [0.25, 0.3) is 0 Å². The lowest BCUT2D eigenvalue weighted by atomic mass is 9.91. The largest absolute Gasteiger partial charge is 0.437 e. The highest BCUT2D eigenvalue weighted by molar-refractivity contribution is 6.04. The van der Waals surface area contributed by atoms with Crippen LogP contribution in [-0.4, -0.2) is 17.9 Å². The van der Waals surface area contributed by atoms with Gasteiger partial charge in [-0.25, -0.2) is 4.79 Å². The van der Waals surface area contributed by atoms with Gasteiger partial charge in [-0.15, -0.1) is 0 Å². The summed E-state index contributed by atoms with van der Waals surface area (Å²) < 4.78 is 38.7. The van der Waals surface area contributed by atoms with E-state index in [1.54, 1.807) is 26.8 Å². The highest BCUT2D eigenvalue weighted by atomic mass is 19.4. The summed E-state index contributed by atoms with van der Waals surface area (Å²) in [6.07, 6.45) is -4.26. The molecule has 0 aromatic heterocycles. The average Bonchev–Trinajstić information content (AvgIpc) is 2.38. The third-order valence-electron chi connectivity index (χ3n) is 2.97. The van der Waals surface area contributed by atoms with E-state index >= 15 is 0 Å². The fourth-order valence-corrected chi connectivity index (χ4v) is 1.22. The van der Waals surface area contributed by atoms with E-state index in [2.05, 4.69) is 9.99 Å². The van der Waals surface area contributed by atoms with Gasteiger partial charge >= 0.3 is 12.1 Å². The van der Waals surface area contributed by atoms with Crippen LogP contribution >= 0.6 is 0 Å². The van der Waals surface area contributed by atoms with Crippen LogP contribution in [0.15, 0.2) is 35.5 Å². The molecule has 0 aliphatic carbocycles. The zero-order chi connectivity index (χ0) is 15.4. The number of alkyl halides is 3. The number of nitrogens with zero attached hydrogens (tertiary/aromatic N) is 1. The smallest absolute Gasteiger partial charge is 0.317 e. The van der Waals surface area contributed by atoms with Gasteiger partial charge in [0.15, 0.2) is 5.71 Å². The first kappa shape index (κ1) is 16.2. The molecule has 0 amide bonds. The first-order valence-electron chi connectivity index (χ1n) is 6.10. The van der Waals surface area contributed by atoms with E-state index in [1.807, 2.05) is 0 Å². The highest BCUT2D eigenvalue weighted by Gasteiger charge is 2.38. The van der Waals surface area contributed by atoms with Crippen molar-refractivity contribution >= 4 is 11.7 Å². The van der Waals surface area contributed by atoms with Gasteiger partial charge in [-0.1, -0.05) is 42.4 Å². The highest BCUT2D eigenvalue weighted by Crippen LogP contribution is 2.25. The van der Waals surface area contributed by atoms with Gasteiger partial charge in [0.1, 0.15) is 0 Å². The summed E-state index contributed by atoms with van der Waals surface area (Å²) in [6.45, 7) is 4.91. The Kier molecular flexibility index (Phi) is 4.92. The van der Waals surface area contributed by atoms with Crippen molar-refractivity contribution in [3.05, 3.63) is 35.9 Å². The zero-order valence-electron chi connectivity index (χ0n) is 11.5. The molecule has 0 unspecified atom stereocenters. The molecule has 0 saturated carbocycles. The number of oxime groups is 1. The van der Waals surface area contributed by atoms with E-state index < -0.39 is 23.3 Å². The maximum absolute atomic E-state index is 12.9. The summed E-state index contributed by atoms with van der Waals surface area (Å²) in [5.74, 6) is -0.794. The van der Waals surface area contributed by atoms with Crippen molar-refractivity contribution in [2.75, 3.05) is 0 Å². The minimum absolute atomic E-state index is 0.151. The predicted molar refractivity (Wildman–Crippen MR) is 69.2 cm³/mol. The average molecular weight is 287 g/mol. The molecular formula is C14H16F3NO2. The van der Waals surface area contributed by atoms with Gasteiger partial charge in [-0.05, 0) is 20.3 Å². The van der Waals surface area contributed by atoms with Gasteiger partial charge in [0.05, 0.1) is 5.41 Å². The van der Waals surface area contributed by atoms with E-state index in [0.717, 1.165) is 0 Å². The van der Waals surface area contributed by atoms with Crippen LogP contribution in [-0.2, 0) is 9.63 Å². The molecule has 110 valence electrons. The molecule has 1 aromatic rings. The number of hydrogen-bond donors (Lipinski definition) is 0. The predicted octanol–water partition coefficient (Wildman–Crippen LogP) is 3.93. The van der Waals surface area contributed by atoms with Crippen molar-refractivity contribution in [2.24, 2.45) is 10.6 Å². The summed E-state index contributed by atoms with van der Waals surface area (Å²) >= 11 is 0. The third-order valence-corrected chi connectivity index (χ3v) is 2.97. The Balaban J connectivity index is 3.03. The van der Waals surface area contributed by atoms with Gasteiger partial charge in [-0.3, -0.25) is 0 Å². The second-order valence-corrected chi connectivity index (χ2v) is 4.92. The zero-order valence-corrected chi connectivity index (χ0v) is 11.5. The molecule has 0 fully saturated rings. The minimum atomic E-state index is -4.70. The Labute approximate surface area is 115 Å². The number of hydrogen-bond acceptors (Lipinski definition) is 3. The molecule has 0 N–H and O–H groups in total. The summed E-state index contributed by atoms with van der Waals surface area (Å²) in [5.41, 5.74) is -2.25. The SMILES string of the molecule is CCC(C)(C)C(=O)O/N=C(\c1ccccc1)C(F)(F)F. The van der Waals surface area contributed by atoms with E-state index in [0.29, 0.717) is 6.42 Å². The first-order valence-corrected chi connectivity index (χ1v) is 6.10. The molecule has 0 saturated heterocycles. The van der Waals surface area contributed by atoms with E-state index in [-0.39, 0.29) is 5.56 Å². The second-order valence-electron chi connectivity index (χ2n) is 4.92. The number of rotatable bonds is 4. The maximum atomic E-state index is 12.9. The molecule has 0 spiro atoms. The summed E-state index contributed by atoms with van der Waals surface area (Å²) in [6, 6.07) is 7.00. The Morgan fingerprint density at radius 3 is 2.20 bits per heavy atom. The van der Waals surface area contributed by atoms with Gasteiger partial charge in [0, 0.05) is 5.56 Å². The van der Waals surface area contributed by atoms with Gasteiger partial charge in [0.2, 0.25) is 0 Å². The van der Waals surface area contributed by atoms with Crippen molar-refractivity contribution in [1.29, 1.82) is 0 Å². The van der Waals surface area contributed by atoms with Crippen molar-refractivity contribution in [3.63, 3.8) is 0 Å². The van der Waals surface area contributed by atoms with Gasteiger partial charge in [-0.2, -0.15) is 13.2 Å². The molecule has 3 nitrogen and oxygen atoms in total. The third kappa shape index (κ3) is 4.08. The van der Waals surface area contributed by atoms with Crippen LogP contribution in [0, 0.1) is 5.41 Å². The lowest BCUT2D eigenvalue weighted by Crippen LogP contribution is -2.28. The first-order chi connectivity index (χ1) is 9.18. The lowest BCUT2D eigenvalue weighted by molar-refractivity contribution is -0.154. The lowest BCUT2D eigenvalue weighted by Gasteiger charge is -2.18. The molecule has 6 heteroatoms. The van der Waals surface area contributed by atoms with Crippen molar-refractivity contribution < 1.29 is 22.8 Å². The monoisotopic (exact) mass is 287 g/mol. The fraction of sp³-hybridized carbons (Fsp3) is 0.429. The number of benzene rings is 1. The molecule has 0 aliphatic rings. The van der Waals surface area contributed by atoms with Crippen LogP contribution in [0.2, 0.25) is 0 Å².